The summed E-state index contributed by atoms with van der Waals surface area (Å²) >= 11 is 0. The molecular formula is C16H24N2O. The lowest BCUT2D eigenvalue weighted by atomic mass is 9.90. The van der Waals surface area contributed by atoms with E-state index in [9.17, 15) is 4.79 Å². The van der Waals surface area contributed by atoms with Gasteiger partial charge in [-0.1, -0.05) is 43.2 Å². The predicted molar refractivity (Wildman–Crippen MR) is 78.0 cm³/mol. The second kappa shape index (κ2) is 7.29. The Labute approximate surface area is 115 Å². The largest absolute Gasteiger partial charge is 0.352 e. The summed E-state index contributed by atoms with van der Waals surface area (Å²) in [6, 6.07) is 11.3. The standard InChI is InChI=1S/C16H24N2O/c1-13(19)18-16-10-6-5-9-15(16)17-12-11-14-7-3-2-4-8-14/h2-4,7-8,15-17H,5-6,9-12H2,1H3,(H,18,19)/t15-,16+/m0/s1. The quantitative estimate of drug-likeness (QED) is 0.852. The smallest absolute Gasteiger partial charge is 0.217 e. The molecule has 0 bridgehead atoms. The Morgan fingerprint density at radius 3 is 2.53 bits per heavy atom. The van der Waals surface area contributed by atoms with Crippen molar-refractivity contribution in [2.45, 2.75) is 51.1 Å². The van der Waals surface area contributed by atoms with Gasteiger partial charge in [0.05, 0.1) is 0 Å². The second-order valence-corrected chi connectivity index (χ2v) is 5.39. The summed E-state index contributed by atoms with van der Waals surface area (Å²) in [5.74, 6) is 0.0850. The van der Waals surface area contributed by atoms with Crippen LogP contribution in [0.15, 0.2) is 30.3 Å². The third kappa shape index (κ3) is 4.67. The SMILES string of the molecule is CC(=O)N[C@@H]1CCCC[C@@H]1NCCc1ccccc1. The highest BCUT2D eigenvalue weighted by atomic mass is 16.1. The van der Waals surface area contributed by atoms with Crippen molar-refractivity contribution in [1.82, 2.24) is 10.6 Å². The van der Waals surface area contributed by atoms with E-state index in [0.717, 1.165) is 19.4 Å². The molecule has 3 nitrogen and oxygen atoms in total. The molecule has 1 aromatic rings. The Balaban J connectivity index is 1.78. The van der Waals surface area contributed by atoms with E-state index in [0.29, 0.717) is 12.1 Å². The molecule has 3 heteroatoms. The summed E-state index contributed by atoms with van der Waals surface area (Å²) in [7, 11) is 0. The number of carbonyl (C=O) groups excluding carboxylic acids is 1. The molecule has 0 aliphatic heterocycles. The van der Waals surface area contributed by atoms with Crippen LogP contribution in [-0.2, 0) is 11.2 Å². The Morgan fingerprint density at radius 2 is 1.84 bits per heavy atom. The van der Waals surface area contributed by atoms with Crippen molar-refractivity contribution in [1.29, 1.82) is 0 Å². The van der Waals surface area contributed by atoms with Crippen LogP contribution in [0, 0.1) is 0 Å². The van der Waals surface area contributed by atoms with Gasteiger partial charge in [-0.25, -0.2) is 0 Å². The molecule has 1 aliphatic rings. The fraction of sp³-hybridized carbons (Fsp3) is 0.562. The van der Waals surface area contributed by atoms with E-state index >= 15 is 0 Å². The van der Waals surface area contributed by atoms with Crippen LogP contribution in [0.5, 0.6) is 0 Å². The van der Waals surface area contributed by atoms with Crippen LogP contribution >= 0.6 is 0 Å². The van der Waals surface area contributed by atoms with E-state index in [1.807, 2.05) is 6.07 Å². The molecule has 1 saturated carbocycles. The molecule has 1 aliphatic carbocycles. The number of rotatable bonds is 5. The molecular weight excluding hydrogens is 236 g/mol. The topological polar surface area (TPSA) is 41.1 Å². The summed E-state index contributed by atoms with van der Waals surface area (Å²) in [6.45, 7) is 2.58. The lowest BCUT2D eigenvalue weighted by molar-refractivity contribution is -0.120. The molecule has 1 amide bonds. The maximum Gasteiger partial charge on any atom is 0.217 e. The third-order valence-electron chi connectivity index (χ3n) is 3.82. The average Bonchev–Trinajstić information content (AvgIpc) is 2.41. The summed E-state index contributed by atoms with van der Waals surface area (Å²) in [6.07, 6.45) is 5.80. The Morgan fingerprint density at radius 1 is 1.16 bits per heavy atom. The molecule has 0 radical (unpaired) electrons. The fourth-order valence-corrected chi connectivity index (χ4v) is 2.86. The van der Waals surface area contributed by atoms with Gasteiger partial charge >= 0.3 is 0 Å². The molecule has 2 rings (SSSR count). The molecule has 0 heterocycles. The highest BCUT2D eigenvalue weighted by Crippen LogP contribution is 2.18. The van der Waals surface area contributed by atoms with Gasteiger partial charge in [0.1, 0.15) is 0 Å². The van der Waals surface area contributed by atoms with Gasteiger partial charge in [0.15, 0.2) is 0 Å². The number of hydrogen-bond donors (Lipinski definition) is 2. The first-order valence-corrected chi connectivity index (χ1v) is 7.30. The van der Waals surface area contributed by atoms with Gasteiger partial charge in [0.2, 0.25) is 5.91 Å². The maximum absolute atomic E-state index is 11.2. The fourth-order valence-electron chi connectivity index (χ4n) is 2.86. The van der Waals surface area contributed by atoms with Crippen LogP contribution in [0.4, 0.5) is 0 Å². The first-order chi connectivity index (χ1) is 9.25. The Kier molecular flexibility index (Phi) is 5.40. The summed E-state index contributed by atoms with van der Waals surface area (Å²) < 4.78 is 0. The minimum Gasteiger partial charge on any atom is -0.352 e. The molecule has 2 N–H and O–H groups in total. The zero-order valence-corrected chi connectivity index (χ0v) is 11.7. The third-order valence-corrected chi connectivity index (χ3v) is 3.82. The van der Waals surface area contributed by atoms with Gasteiger partial charge in [0, 0.05) is 19.0 Å². The second-order valence-electron chi connectivity index (χ2n) is 5.39. The van der Waals surface area contributed by atoms with Crippen molar-refractivity contribution < 1.29 is 4.79 Å². The monoisotopic (exact) mass is 260 g/mol. The van der Waals surface area contributed by atoms with Gasteiger partial charge in [-0.05, 0) is 31.4 Å². The molecule has 1 fully saturated rings. The number of benzene rings is 1. The average molecular weight is 260 g/mol. The zero-order chi connectivity index (χ0) is 13.5. The van der Waals surface area contributed by atoms with Crippen molar-refractivity contribution in [3.05, 3.63) is 35.9 Å². The summed E-state index contributed by atoms with van der Waals surface area (Å²) in [5, 5.41) is 6.69. The van der Waals surface area contributed by atoms with Crippen molar-refractivity contribution in [2.75, 3.05) is 6.54 Å². The van der Waals surface area contributed by atoms with Crippen LogP contribution in [0.1, 0.15) is 38.2 Å². The molecule has 104 valence electrons. The Hall–Kier alpha value is -1.35. The molecule has 0 aromatic heterocycles. The van der Waals surface area contributed by atoms with Crippen LogP contribution < -0.4 is 10.6 Å². The molecule has 1 aromatic carbocycles. The minimum absolute atomic E-state index is 0.0850. The van der Waals surface area contributed by atoms with E-state index in [2.05, 4.69) is 34.9 Å². The van der Waals surface area contributed by atoms with E-state index < -0.39 is 0 Å². The van der Waals surface area contributed by atoms with Gasteiger partial charge in [-0.2, -0.15) is 0 Å². The lowest BCUT2D eigenvalue weighted by Gasteiger charge is -2.32. The highest BCUT2D eigenvalue weighted by molar-refractivity contribution is 5.73. The predicted octanol–water partition coefficient (Wildman–Crippen LogP) is 2.27. The molecule has 2 atom stereocenters. The maximum atomic E-state index is 11.2. The van der Waals surface area contributed by atoms with E-state index in [1.54, 1.807) is 6.92 Å². The molecule has 19 heavy (non-hydrogen) atoms. The first-order valence-electron chi connectivity index (χ1n) is 7.30. The minimum atomic E-state index is 0.0850. The zero-order valence-electron chi connectivity index (χ0n) is 11.7. The number of hydrogen-bond acceptors (Lipinski definition) is 2. The number of nitrogens with one attached hydrogen (secondary N) is 2. The van der Waals surface area contributed by atoms with E-state index in [1.165, 1.54) is 24.8 Å². The lowest BCUT2D eigenvalue weighted by Crippen LogP contribution is -2.51. The van der Waals surface area contributed by atoms with Crippen LogP contribution in [0.3, 0.4) is 0 Å². The van der Waals surface area contributed by atoms with Crippen molar-refractivity contribution in [2.24, 2.45) is 0 Å². The van der Waals surface area contributed by atoms with E-state index in [-0.39, 0.29) is 5.91 Å². The van der Waals surface area contributed by atoms with Gasteiger partial charge < -0.3 is 10.6 Å². The molecule has 0 saturated heterocycles. The Bertz CT molecular complexity index is 391. The number of carbonyl (C=O) groups is 1. The van der Waals surface area contributed by atoms with E-state index in [4.69, 9.17) is 0 Å². The van der Waals surface area contributed by atoms with Crippen molar-refractivity contribution >= 4 is 5.91 Å². The van der Waals surface area contributed by atoms with Crippen LogP contribution in [0.25, 0.3) is 0 Å². The van der Waals surface area contributed by atoms with Crippen LogP contribution in [0.2, 0.25) is 0 Å². The van der Waals surface area contributed by atoms with Gasteiger partial charge in [-0.3, -0.25) is 4.79 Å². The molecule has 0 spiro atoms. The highest BCUT2D eigenvalue weighted by Gasteiger charge is 2.24. The first kappa shape index (κ1) is 14.1. The normalized spacial score (nSPS) is 23.0. The molecule has 0 unspecified atom stereocenters. The van der Waals surface area contributed by atoms with Gasteiger partial charge in [-0.15, -0.1) is 0 Å². The van der Waals surface area contributed by atoms with Crippen LogP contribution in [-0.4, -0.2) is 24.5 Å². The van der Waals surface area contributed by atoms with Gasteiger partial charge in [0.25, 0.3) is 0 Å². The summed E-state index contributed by atoms with van der Waals surface area (Å²) in [4.78, 5) is 11.2. The van der Waals surface area contributed by atoms with Crippen molar-refractivity contribution in [3.8, 4) is 0 Å². The summed E-state index contributed by atoms with van der Waals surface area (Å²) in [5.41, 5.74) is 1.36. The van der Waals surface area contributed by atoms with Crippen molar-refractivity contribution in [3.63, 3.8) is 0 Å². The number of amides is 1.